The summed E-state index contributed by atoms with van der Waals surface area (Å²) in [5.74, 6) is 0.683. The smallest absolute Gasteiger partial charge is 0.308 e. The molecule has 0 aromatic carbocycles. The van der Waals surface area contributed by atoms with Gasteiger partial charge in [-0.05, 0) is 25.2 Å². The van der Waals surface area contributed by atoms with Crippen LogP contribution in [0.2, 0.25) is 0 Å². The first-order chi connectivity index (χ1) is 18.2. The molecule has 2 heteroatoms. The maximum absolute atomic E-state index is 12.6. The van der Waals surface area contributed by atoms with Crippen LogP contribution in [0, 0.1) is 11.8 Å². The van der Waals surface area contributed by atoms with E-state index in [1.165, 1.54) is 167 Å². The van der Waals surface area contributed by atoms with E-state index in [1.807, 2.05) is 0 Å². The molecule has 0 aliphatic heterocycles. The van der Waals surface area contributed by atoms with Gasteiger partial charge in [0.2, 0.25) is 0 Å². The van der Waals surface area contributed by atoms with Gasteiger partial charge >= 0.3 is 5.97 Å². The summed E-state index contributed by atoms with van der Waals surface area (Å²) in [7, 11) is 0. The lowest BCUT2D eigenvalue weighted by molar-refractivity contribution is -0.149. The van der Waals surface area contributed by atoms with Gasteiger partial charge in [-0.2, -0.15) is 0 Å². The SMILES string of the molecule is CCCCCCCCCCCCCCC(CCCCCC)COC(=O)C(C)CCCCCCCCCC. The van der Waals surface area contributed by atoms with Crippen LogP contribution < -0.4 is 0 Å². The minimum absolute atomic E-state index is 0.0520. The Morgan fingerprint density at radius 3 is 1.14 bits per heavy atom. The lowest BCUT2D eigenvalue weighted by Gasteiger charge is -2.19. The highest BCUT2D eigenvalue weighted by Gasteiger charge is 2.17. The van der Waals surface area contributed by atoms with Gasteiger partial charge in [0.05, 0.1) is 12.5 Å². The average Bonchev–Trinajstić information content (AvgIpc) is 2.90. The van der Waals surface area contributed by atoms with Crippen molar-refractivity contribution in [2.75, 3.05) is 6.61 Å². The molecule has 0 aromatic heterocycles. The van der Waals surface area contributed by atoms with Crippen LogP contribution >= 0.6 is 0 Å². The fourth-order valence-corrected chi connectivity index (χ4v) is 5.49. The van der Waals surface area contributed by atoms with Crippen molar-refractivity contribution in [3.63, 3.8) is 0 Å². The Hall–Kier alpha value is -0.530. The molecule has 0 heterocycles. The van der Waals surface area contributed by atoms with E-state index < -0.39 is 0 Å². The summed E-state index contributed by atoms with van der Waals surface area (Å²) in [6.45, 7) is 9.57. The van der Waals surface area contributed by atoms with Crippen molar-refractivity contribution >= 4 is 5.97 Å². The van der Waals surface area contributed by atoms with Crippen molar-refractivity contribution in [3.05, 3.63) is 0 Å². The summed E-state index contributed by atoms with van der Waals surface area (Å²) in [5, 5.41) is 0. The molecule has 0 N–H and O–H groups in total. The molecule has 2 unspecified atom stereocenters. The maximum atomic E-state index is 12.6. The van der Waals surface area contributed by atoms with Gasteiger partial charge in [-0.3, -0.25) is 4.79 Å². The van der Waals surface area contributed by atoms with E-state index in [4.69, 9.17) is 4.74 Å². The van der Waals surface area contributed by atoms with E-state index in [0.717, 1.165) is 6.42 Å². The monoisotopic (exact) mass is 523 g/mol. The standard InChI is InChI=1S/C35H70O2/c1-5-8-11-14-16-18-19-20-21-23-25-28-31-34(30-27-13-10-7-3)32-37-35(36)33(4)29-26-24-22-17-15-12-9-6-2/h33-34H,5-32H2,1-4H3. The van der Waals surface area contributed by atoms with Gasteiger partial charge < -0.3 is 4.74 Å². The molecule has 37 heavy (non-hydrogen) atoms. The highest BCUT2D eigenvalue weighted by Crippen LogP contribution is 2.21. The molecule has 0 amide bonds. The van der Waals surface area contributed by atoms with Crippen LogP contribution in [0.5, 0.6) is 0 Å². The van der Waals surface area contributed by atoms with Crippen molar-refractivity contribution < 1.29 is 9.53 Å². The molecule has 0 saturated carbocycles. The number of hydrogen-bond donors (Lipinski definition) is 0. The summed E-state index contributed by atoms with van der Waals surface area (Å²) < 4.78 is 5.86. The average molecular weight is 523 g/mol. The van der Waals surface area contributed by atoms with E-state index in [0.29, 0.717) is 12.5 Å². The number of esters is 1. The summed E-state index contributed by atoms with van der Waals surface area (Å²) in [5.41, 5.74) is 0. The molecule has 0 aliphatic rings. The van der Waals surface area contributed by atoms with Crippen LogP contribution in [-0.4, -0.2) is 12.6 Å². The first kappa shape index (κ1) is 36.5. The van der Waals surface area contributed by atoms with Crippen molar-refractivity contribution in [1.29, 1.82) is 0 Å². The zero-order valence-electron chi connectivity index (χ0n) is 26.3. The van der Waals surface area contributed by atoms with Gasteiger partial charge in [0.15, 0.2) is 0 Å². The highest BCUT2D eigenvalue weighted by atomic mass is 16.5. The summed E-state index contributed by atoms with van der Waals surface area (Å²) in [4.78, 5) is 12.6. The second-order valence-electron chi connectivity index (χ2n) is 12.2. The van der Waals surface area contributed by atoms with Gasteiger partial charge in [-0.15, -0.1) is 0 Å². The maximum Gasteiger partial charge on any atom is 0.308 e. The number of carbonyl (C=O) groups excluding carboxylic acids is 1. The molecule has 0 aliphatic carbocycles. The summed E-state index contributed by atoms with van der Waals surface area (Å²) >= 11 is 0. The van der Waals surface area contributed by atoms with Crippen LogP contribution in [0.1, 0.15) is 201 Å². The molecule has 0 fully saturated rings. The Morgan fingerprint density at radius 1 is 0.459 bits per heavy atom. The molecule has 0 rings (SSSR count). The molecule has 0 bridgehead atoms. The fourth-order valence-electron chi connectivity index (χ4n) is 5.49. The topological polar surface area (TPSA) is 26.3 Å². The van der Waals surface area contributed by atoms with Crippen LogP contribution in [0.3, 0.4) is 0 Å². The zero-order valence-corrected chi connectivity index (χ0v) is 26.3. The Bertz CT molecular complexity index is 447. The van der Waals surface area contributed by atoms with E-state index >= 15 is 0 Å². The Morgan fingerprint density at radius 2 is 0.757 bits per heavy atom. The van der Waals surface area contributed by atoms with Crippen LogP contribution in [0.4, 0.5) is 0 Å². The summed E-state index contributed by atoms with van der Waals surface area (Å²) in [6, 6.07) is 0. The predicted octanol–water partition coefficient (Wildman–Crippen LogP) is 12.4. The lowest BCUT2D eigenvalue weighted by atomic mass is 9.94. The molecular formula is C35H70O2. The van der Waals surface area contributed by atoms with Crippen molar-refractivity contribution in [2.24, 2.45) is 11.8 Å². The van der Waals surface area contributed by atoms with Crippen molar-refractivity contribution in [3.8, 4) is 0 Å². The number of ether oxygens (including phenoxy) is 1. The van der Waals surface area contributed by atoms with E-state index in [1.54, 1.807) is 0 Å². The minimum Gasteiger partial charge on any atom is -0.465 e. The first-order valence-electron chi connectivity index (χ1n) is 17.3. The van der Waals surface area contributed by atoms with Gasteiger partial charge in [0.25, 0.3) is 0 Å². The molecule has 0 spiro atoms. The third-order valence-corrected chi connectivity index (χ3v) is 8.29. The number of rotatable bonds is 30. The molecule has 0 saturated heterocycles. The zero-order chi connectivity index (χ0) is 27.2. The Balaban J connectivity index is 3.96. The third-order valence-electron chi connectivity index (χ3n) is 8.29. The number of carbonyl (C=O) groups is 1. The Labute approximate surface area is 234 Å². The molecule has 2 nitrogen and oxygen atoms in total. The highest BCUT2D eigenvalue weighted by molar-refractivity contribution is 5.71. The normalized spacial score (nSPS) is 13.1. The minimum atomic E-state index is 0.0520. The second kappa shape index (κ2) is 30.0. The fraction of sp³-hybridized carbons (Fsp3) is 0.971. The van der Waals surface area contributed by atoms with Crippen molar-refractivity contribution in [2.45, 2.75) is 201 Å². The largest absolute Gasteiger partial charge is 0.465 e. The van der Waals surface area contributed by atoms with Gasteiger partial charge in [-0.1, -0.05) is 182 Å². The van der Waals surface area contributed by atoms with Gasteiger partial charge in [-0.25, -0.2) is 0 Å². The Kier molecular flexibility index (Phi) is 29.6. The second-order valence-corrected chi connectivity index (χ2v) is 12.2. The molecule has 0 aromatic rings. The van der Waals surface area contributed by atoms with E-state index in [2.05, 4.69) is 27.7 Å². The number of unbranched alkanes of at least 4 members (excludes halogenated alkanes) is 21. The summed E-state index contributed by atoms with van der Waals surface area (Å²) in [6.07, 6.45) is 36.1. The van der Waals surface area contributed by atoms with E-state index in [9.17, 15) is 4.79 Å². The molecule has 222 valence electrons. The third kappa shape index (κ3) is 26.8. The van der Waals surface area contributed by atoms with Crippen LogP contribution in [0.15, 0.2) is 0 Å². The van der Waals surface area contributed by atoms with Gasteiger partial charge in [0.1, 0.15) is 0 Å². The predicted molar refractivity (Wildman–Crippen MR) is 165 cm³/mol. The van der Waals surface area contributed by atoms with Crippen molar-refractivity contribution in [1.82, 2.24) is 0 Å². The number of hydrogen-bond acceptors (Lipinski definition) is 2. The van der Waals surface area contributed by atoms with Crippen LogP contribution in [0.25, 0.3) is 0 Å². The molecular weight excluding hydrogens is 452 g/mol. The lowest BCUT2D eigenvalue weighted by Crippen LogP contribution is -2.20. The first-order valence-corrected chi connectivity index (χ1v) is 17.3. The van der Waals surface area contributed by atoms with Gasteiger partial charge in [0, 0.05) is 0 Å². The quantitative estimate of drug-likeness (QED) is 0.0692. The molecule has 0 radical (unpaired) electrons. The van der Waals surface area contributed by atoms with E-state index in [-0.39, 0.29) is 11.9 Å². The molecule has 2 atom stereocenters. The van der Waals surface area contributed by atoms with Crippen LogP contribution in [-0.2, 0) is 9.53 Å².